The van der Waals surface area contributed by atoms with Crippen LogP contribution in [0.5, 0.6) is 5.75 Å². The molecule has 0 aliphatic heterocycles. The molecule has 0 radical (unpaired) electrons. The van der Waals surface area contributed by atoms with Crippen LogP contribution in [0.3, 0.4) is 0 Å². The van der Waals surface area contributed by atoms with Crippen LogP contribution in [-0.2, 0) is 21.3 Å². The van der Waals surface area contributed by atoms with Gasteiger partial charge in [0.2, 0.25) is 0 Å². The number of methoxy groups -OCH3 is 1. The number of para-hydroxylation sites is 1. The molecule has 5 heteroatoms. The minimum absolute atomic E-state index is 0.130. The van der Waals surface area contributed by atoms with Crippen molar-refractivity contribution in [1.82, 2.24) is 0 Å². The number of benzene rings is 1. The van der Waals surface area contributed by atoms with E-state index in [0.29, 0.717) is 11.5 Å². The van der Waals surface area contributed by atoms with E-state index >= 15 is 0 Å². The third kappa shape index (κ3) is 3.80. The molecule has 1 aromatic carbocycles. The molecular weight excluding hydrogens is 264 g/mol. The molecule has 1 aliphatic rings. The van der Waals surface area contributed by atoms with E-state index in [1.807, 2.05) is 24.3 Å². The van der Waals surface area contributed by atoms with E-state index in [0.717, 1.165) is 24.2 Å². The fourth-order valence-corrected chi connectivity index (χ4v) is 4.02. The van der Waals surface area contributed by atoms with Crippen LogP contribution in [0.25, 0.3) is 0 Å². The van der Waals surface area contributed by atoms with Crippen LogP contribution < -0.4 is 4.74 Å². The van der Waals surface area contributed by atoms with Gasteiger partial charge in [-0.1, -0.05) is 18.2 Å². The predicted molar refractivity (Wildman–Crippen MR) is 73.6 cm³/mol. The van der Waals surface area contributed by atoms with Crippen LogP contribution in [0.4, 0.5) is 0 Å². The summed E-state index contributed by atoms with van der Waals surface area (Å²) in [7, 11) is 0.542. The zero-order valence-corrected chi connectivity index (χ0v) is 11.7. The van der Waals surface area contributed by atoms with Gasteiger partial charge in [0.15, 0.2) is 0 Å². The summed E-state index contributed by atoms with van der Waals surface area (Å²) in [5.74, 6) is 0.827. The highest BCUT2D eigenvalue weighted by Gasteiger charge is 2.45. The second-order valence-corrected chi connectivity index (χ2v) is 6.57. The smallest absolute Gasteiger partial charge is 0.303 e. The van der Waals surface area contributed by atoms with Crippen molar-refractivity contribution in [2.45, 2.75) is 25.0 Å². The van der Waals surface area contributed by atoms with Crippen LogP contribution in [0.15, 0.2) is 24.3 Å². The van der Waals surface area contributed by atoms with Gasteiger partial charge in [0.1, 0.15) is 5.75 Å². The lowest BCUT2D eigenvalue weighted by molar-refractivity contribution is -0.138. The van der Waals surface area contributed by atoms with Gasteiger partial charge in [-0.2, -0.15) is 0 Å². The minimum Gasteiger partial charge on any atom is -0.496 e. The van der Waals surface area contributed by atoms with Gasteiger partial charge >= 0.3 is 5.97 Å². The number of carboxylic acids is 1. The number of hydrogen-bond acceptors (Lipinski definition) is 3. The highest BCUT2D eigenvalue weighted by atomic mass is 32.2. The van der Waals surface area contributed by atoms with Gasteiger partial charge in [0.05, 0.1) is 19.3 Å². The fourth-order valence-electron chi connectivity index (χ4n) is 2.26. The third-order valence-electron chi connectivity index (χ3n) is 3.46. The summed E-state index contributed by atoms with van der Waals surface area (Å²) in [6, 6.07) is 7.50. The summed E-state index contributed by atoms with van der Waals surface area (Å²) in [5, 5.41) is 8.85. The largest absolute Gasteiger partial charge is 0.496 e. The molecule has 0 spiro atoms. The number of aliphatic carboxylic acids is 1. The van der Waals surface area contributed by atoms with Gasteiger partial charge < -0.3 is 9.84 Å². The minimum atomic E-state index is -1.05. The molecule has 2 rings (SSSR count). The van der Waals surface area contributed by atoms with Gasteiger partial charge in [-0.05, 0) is 24.3 Å². The maximum absolute atomic E-state index is 12.2. The van der Waals surface area contributed by atoms with Crippen molar-refractivity contribution in [3.63, 3.8) is 0 Å². The van der Waals surface area contributed by atoms with Crippen molar-refractivity contribution >= 4 is 16.8 Å². The first-order chi connectivity index (χ1) is 9.04. The third-order valence-corrected chi connectivity index (χ3v) is 5.03. The molecular formula is C14H18O4S. The molecule has 1 atom stereocenters. The molecule has 1 saturated carbocycles. The van der Waals surface area contributed by atoms with Crippen molar-refractivity contribution in [1.29, 1.82) is 0 Å². The van der Waals surface area contributed by atoms with Crippen molar-refractivity contribution in [2.75, 3.05) is 12.9 Å². The number of carboxylic acid groups (broad SMARTS) is 1. The molecule has 0 saturated heterocycles. The zero-order valence-electron chi connectivity index (χ0n) is 10.9. The molecule has 104 valence electrons. The Morgan fingerprint density at radius 3 is 2.68 bits per heavy atom. The second kappa shape index (κ2) is 5.74. The van der Waals surface area contributed by atoms with E-state index in [2.05, 4.69) is 0 Å². The lowest BCUT2D eigenvalue weighted by Crippen LogP contribution is -2.17. The van der Waals surface area contributed by atoms with Crippen molar-refractivity contribution in [2.24, 2.45) is 5.41 Å². The number of carbonyl (C=O) groups is 1. The normalized spacial score (nSPS) is 17.7. The van der Waals surface area contributed by atoms with Crippen molar-refractivity contribution in [3.8, 4) is 5.75 Å². The van der Waals surface area contributed by atoms with Crippen LogP contribution >= 0.6 is 0 Å². The summed E-state index contributed by atoms with van der Waals surface area (Å²) in [4.78, 5) is 10.8. The lowest BCUT2D eigenvalue weighted by Gasteiger charge is -2.13. The van der Waals surface area contributed by atoms with Crippen LogP contribution in [-0.4, -0.2) is 28.1 Å². The number of ether oxygens (including phenoxy) is 1. The predicted octanol–water partition coefficient (Wildman–Crippen LogP) is 2.20. The Kier molecular flexibility index (Phi) is 4.24. The van der Waals surface area contributed by atoms with Gasteiger partial charge in [-0.3, -0.25) is 9.00 Å². The molecule has 1 aromatic rings. The molecule has 1 fully saturated rings. The van der Waals surface area contributed by atoms with Gasteiger partial charge in [-0.25, -0.2) is 0 Å². The highest BCUT2D eigenvalue weighted by Crippen LogP contribution is 2.49. The number of hydrogen-bond donors (Lipinski definition) is 1. The Morgan fingerprint density at radius 2 is 2.11 bits per heavy atom. The van der Waals surface area contributed by atoms with Crippen molar-refractivity contribution < 1.29 is 18.8 Å². The Balaban J connectivity index is 1.96. The van der Waals surface area contributed by atoms with Gasteiger partial charge in [0, 0.05) is 22.1 Å². The molecule has 1 N–H and O–H groups in total. The van der Waals surface area contributed by atoms with E-state index in [4.69, 9.17) is 9.84 Å². The molecule has 1 unspecified atom stereocenters. The first kappa shape index (κ1) is 14.1. The molecule has 0 bridgehead atoms. The highest BCUT2D eigenvalue weighted by molar-refractivity contribution is 7.84. The Bertz CT molecular complexity index is 494. The average molecular weight is 282 g/mol. The van der Waals surface area contributed by atoms with E-state index in [1.165, 1.54) is 0 Å². The lowest BCUT2D eigenvalue weighted by atomic mass is 10.1. The van der Waals surface area contributed by atoms with Crippen LogP contribution in [0, 0.1) is 5.41 Å². The summed E-state index contributed by atoms with van der Waals surface area (Å²) in [6.07, 6.45) is 1.87. The average Bonchev–Trinajstić information content (AvgIpc) is 3.07. The summed E-state index contributed by atoms with van der Waals surface area (Å²) in [5.41, 5.74) is 0.688. The molecule has 0 amide bonds. The maximum Gasteiger partial charge on any atom is 0.303 e. The molecule has 4 nitrogen and oxygen atoms in total. The first-order valence-electron chi connectivity index (χ1n) is 6.23. The van der Waals surface area contributed by atoms with Crippen molar-refractivity contribution in [3.05, 3.63) is 29.8 Å². The molecule has 1 aliphatic carbocycles. The SMILES string of the molecule is COc1ccccc1CS(=O)CC1(CC(=O)O)CC1. The van der Waals surface area contributed by atoms with E-state index in [9.17, 15) is 9.00 Å². The zero-order chi connectivity index (χ0) is 13.9. The molecule has 0 heterocycles. The van der Waals surface area contributed by atoms with Gasteiger partial charge in [0.25, 0.3) is 0 Å². The second-order valence-electron chi connectivity index (χ2n) is 5.11. The number of rotatable bonds is 7. The Hall–Kier alpha value is -1.36. The fraction of sp³-hybridized carbons (Fsp3) is 0.500. The van der Waals surface area contributed by atoms with Crippen LogP contribution in [0.2, 0.25) is 0 Å². The standard InChI is InChI=1S/C14H18O4S/c1-18-12-5-3-2-4-11(12)9-19(17)10-14(6-7-14)8-13(15)16/h2-5H,6-10H2,1H3,(H,15,16). The monoisotopic (exact) mass is 282 g/mol. The summed E-state index contributed by atoms with van der Waals surface area (Å²) >= 11 is 0. The Labute approximate surface area is 115 Å². The van der Waals surface area contributed by atoms with Gasteiger partial charge in [-0.15, -0.1) is 0 Å². The summed E-state index contributed by atoms with van der Waals surface area (Å²) in [6.45, 7) is 0. The van der Waals surface area contributed by atoms with Crippen LogP contribution in [0.1, 0.15) is 24.8 Å². The molecule has 0 aromatic heterocycles. The van der Waals surface area contributed by atoms with E-state index in [-0.39, 0.29) is 11.8 Å². The quantitative estimate of drug-likeness (QED) is 0.832. The summed E-state index contributed by atoms with van der Waals surface area (Å²) < 4.78 is 17.4. The maximum atomic E-state index is 12.2. The topological polar surface area (TPSA) is 63.6 Å². The molecule has 19 heavy (non-hydrogen) atoms. The van der Waals surface area contributed by atoms with E-state index < -0.39 is 16.8 Å². The van der Waals surface area contributed by atoms with E-state index in [1.54, 1.807) is 7.11 Å². The Morgan fingerprint density at radius 1 is 1.42 bits per heavy atom. The first-order valence-corrected chi connectivity index (χ1v) is 7.72.